The Balaban J connectivity index is 1.90. The lowest BCUT2D eigenvalue weighted by Crippen LogP contribution is -2.06. The number of rotatable bonds is 6. The number of hydrogen-bond acceptors (Lipinski definition) is 3. The standard InChI is InChI=1S/C23H26N4/c1-3-4-5-10-20-26-21-22(18-8-6-7-9-19(18)25-23(21)24)27(20)15-17-13-11-16(2)12-14-17/h6-9,11-14H,3-5,10,15H2,1-2H3,(H2,24,25). The maximum absolute atomic E-state index is 6.29. The van der Waals surface area contributed by atoms with Gasteiger partial charge in [0.25, 0.3) is 0 Å². The molecule has 2 aromatic heterocycles. The second-order valence-corrected chi connectivity index (χ2v) is 7.27. The van der Waals surface area contributed by atoms with Gasteiger partial charge >= 0.3 is 0 Å². The lowest BCUT2D eigenvalue weighted by molar-refractivity contribution is 0.659. The first-order chi connectivity index (χ1) is 13.2. The molecule has 4 rings (SSSR count). The molecule has 4 nitrogen and oxygen atoms in total. The summed E-state index contributed by atoms with van der Waals surface area (Å²) in [6, 6.07) is 16.9. The van der Waals surface area contributed by atoms with E-state index >= 15 is 0 Å². The number of unbranched alkanes of at least 4 members (excludes halogenated alkanes) is 2. The summed E-state index contributed by atoms with van der Waals surface area (Å²) in [5, 5.41) is 1.11. The fourth-order valence-electron chi connectivity index (χ4n) is 3.68. The number of nitrogens with two attached hydrogens (primary N) is 1. The van der Waals surface area contributed by atoms with E-state index in [0.29, 0.717) is 5.82 Å². The Kier molecular flexibility index (Phi) is 4.80. The number of nitrogen functional groups attached to an aromatic ring is 1. The molecule has 0 saturated carbocycles. The van der Waals surface area contributed by atoms with E-state index in [1.807, 2.05) is 12.1 Å². The number of hydrogen-bond donors (Lipinski definition) is 1. The number of fused-ring (bicyclic) bond motifs is 3. The van der Waals surface area contributed by atoms with Gasteiger partial charge < -0.3 is 10.3 Å². The maximum Gasteiger partial charge on any atom is 0.152 e. The number of anilines is 1. The number of aromatic nitrogens is 3. The first-order valence-corrected chi connectivity index (χ1v) is 9.76. The zero-order valence-electron chi connectivity index (χ0n) is 16.1. The van der Waals surface area contributed by atoms with Crippen LogP contribution in [0.3, 0.4) is 0 Å². The van der Waals surface area contributed by atoms with Crippen molar-refractivity contribution in [2.75, 3.05) is 5.73 Å². The molecule has 2 aromatic carbocycles. The van der Waals surface area contributed by atoms with Gasteiger partial charge in [-0.15, -0.1) is 0 Å². The Morgan fingerprint density at radius 1 is 0.963 bits per heavy atom. The van der Waals surface area contributed by atoms with Crippen molar-refractivity contribution in [2.45, 2.75) is 46.1 Å². The quantitative estimate of drug-likeness (QED) is 0.479. The second kappa shape index (κ2) is 7.39. The Bertz CT molecular complexity index is 1080. The van der Waals surface area contributed by atoms with E-state index in [-0.39, 0.29) is 0 Å². The average molecular weight is 358 g/mol. The van der Waals surface area contributed by atoms with E-state index in [9.17, 15) is 0 Å². The van der Waals surface area contributed by atoms with Gasteiger partial charge in [0.2, 0.25) is 0 Å². The van der Waals surface area contributed by atoms with Crippen LogP contribution in [0.2, 0.25) is 0 Å². The first kappa shape index (κ1) is 17.5. The van der Waals surface area contributed by atoms with Gasteiger partial charge in [0.05, 0.1) is 11.0 Å². The van der Waals surface area contributed by atoms with Crippen molar-refractivity contribution >= 4 is 27.8 Å². The van der Waals surface area contributed by atoms with Gasteiger partial charge in [0.1, 0.15) is 11.3 Å². The molecule has 4 heteroatoms. The topological polar surface area (TPSA) is 56.7 Å². The van der Waals surface area contributed by atoms with Crippen LogP contribution in [0.1, 0.15) is 43.1 Å². The Hall–Kier alpha value is -2.88. The summed E-state index contributed by atoms with van der Waals surface area (Å²) in [4.78, 5) is 9.50. The Labute approximate surface area is 160 Å². The number of nitrogens with zero attached hydrogens (tertiary/aromatic N) is 3. The molecular formula is C23H26N4. The molecule has 0 aliphatic rings. The van der Waals surface area contributed by atoms with Gasteiger partial charge in [-0.05, 0) is 25.0 Å². The van der Waals surface area contributed by atoms with E-state index in [0.717, 1.165) is 47.1 Å². The average Bonchev–Trinajstić information content (AvgIpc) is 3.03. The minimum Gasteiger partial charge on any atom is -0.382 e. The molecule has 0 bridgehead atoms. The molecule has 0 aliphatic carbocycles. The lowest BCUT2D eigenvalue weighted by atomic mass is 10.1. The van der Waals surface area contributed by atoms with E-state index < -0.39 is 0 Å². The van der Waals surface area contributed by atoms with Gasteiger partial charge in [-0.1, -0.05) is 67.8 Å². The van der Waals surface area contributed by atoms with Gasteiger partial charge in [-0.25, -0.2) is 9.97 Å². The van der Waals surface area contributed by atoms with Crippen LogP contribution >= 0.6 is 0 Å². The largest absolute Gasteiger partial charge is 0.382 e. The number of pyridine rings is 1. The van der Waals surface area contributed by atoms with Crippen LogP contribution in [0.25, 0.3) is 21.9 Å². The molecule has 2 heterocycles. The maximum atomic E-state index is 6.29. The smallest absolute Gasteiger partial charge is 0.152 e. The summed E-state index contributed by atoms with van der Waals surface area (Å²) in [5.74, 6) is 1.62. The molecular weight excluding hydrogens is 332 g/mol. The van der Waals surface area contributed by atoms with Gasteiger partial charge in [-0.3, -0.25) is 0 Å². The predicted molar refractivity (Wildman–Crippen MR) is 113 cm³/mol. The molecule has 4 aromatic rings. The summed E-state index contributed by atoms with van der Waals surface area (Å²) in [6.07, 6.45) is 4.51. The number of imidazole rings is 1. The van der Waals surface area contributed by atoms with Crippen molar-refractivity contribution in [3.63, 3.8) is 0 Å². The van der Waals surface area contributed by atoms with Crippen molar-refractivity contribution in [1.29, 1.82) is 0 Å². The minimum atomic E-state index is 0.517. The van der Waals surface area contributed by atoms with Gasteiger partial charge in [-0.2, -0.15) is 0 Å². The molecule has 0 amide bonds. The number of para-hydroxylation sites is 1. The zero-order chi connectivity index (χ0) is 18.8. The lowest BCUT2D eigenvalue weighted by Gasteiger charge is -2.11. The molecule has 0 aliphatic heterocycles. The fraction of sp³-hybridized carbons (Fsp3) is 0.304. The monoisotopic (exact) mass is 358 g/mol. The van der Waals surface area contributed by atoms with Crippen LogP contribution < -0.4 is 5.73 Å². The summed E-state index contributed by atoms with van der Waals surface area (Å²) in [6.45, 7) is 5.14. The predicted octanol–water partition coefficient (Wildman–Crippen LogP) is 5.26. The second-order valence-electron chi connectivity index (χ2n) is 7.27. The van der Waals surface area contributed by atoms with Crippen molar-refractivity contribution in [3.8, 4) is 0 Å². The first-order valence-electron chi connectivity index (χ1n) is 9.76. The molecule has 27 heavy (non-hydrogen) atoms. The number of aryl methyl sites for hydroxylation is 2. The molecule has 0 spiro atoms. The normalized spacial score (nSPS) is 11.5. The fourth-order valence-corrected chi connectivity index (χ4v) is 3.68. The molecule has 0 atom stereocenters. The molecule has 0 fully saturated rings. The van der Waals surface area contributed by atoms with Crippen molar-refractivity contribution < 1.29 is 0 Å². The minimum absolute atomic E-state index is 0.517. The molecule has 0 radical (unpaired) electrons. The van der Waals surface area contributed by atoms with E-state index in [1.54, 1.807) is 0 Å². The van der Waals surface area contributed by atoms with E-state index in [1.165, 1.54) is 24.0 Å². The third-order valence-corrected chi connectivity index (χ3v) is 5.15. The van der Waals surface area contributed by atoms with E-state index in [4.69, 9.17) is 10.7 Å². The highest BCUT2D eigenvalue weighted by molar-refractivity contribution is 6.06. The van der Waals surface area contributed by atoms with Crippen LogP contribution in [-0.4, -0.2) is 14.5 Å². The van der Waals surface area contributed by atoms with Crippen molar-refractivity contribution in [3.05, 3.63) is 65.5 Å². The summed E-state index contributed by atoms with van der Waals surface area (Å²) < 4.78 is 2.34. The highest BCUT2D eigenvalue weighted by Gasteiger charge is 2.17. The van der Waals surface area contributed by atoms with Crippen LogP contribution in [0, 0.1) is 6.92 Å². The highest BCUT2D eigenvalue weighted by atomic mass is 15.1. The van der Waals surface area contributed by atoms with Crippen LogP contribution in [0.5, 0.6) is 0 Å². The molecule has 138 valence electrons. The zero-order valence-corrected chi connectivity index (χ0v) is 16.1. The van der Waals surface area contributed by atoms with Gasteiger partial charge in [0, 0.05) is 18.4 Å². The van der Waals surface area contributed by atoms with Crippen LogP contribution in [-0.2, 0) is 13.0 Å². The van der Waals surface area contributed by atoms with Crippen LogP contribution in [0.15, 0.2) is 48.5 Å². The van der Waals surface area contributed by atoms with Crippen molar-refractivity contribution in [2.24, 2.45) is 0 Å². The Morgan fingerprint density at radius 3 is 2.52 bits per heavy atom. The molecule has 0 saturated heterocycles. The summed E-state index contributed by atoms with van der Waals surface area (Å²) in [7, 11) is 0. The summed E-state index contributed by atoms with van der Waals surface area (Å²) in [5.41, 5.74) is 11.7. The number of benzene rings is 2. The Morgan fingerprint density at radius 2 is 1.74 bits per heavy atom. The van der Waals surface area contributed by atoms with Crippen LogP contribution in [0.4, 0.5) is 5.82 Å². The summed E-state index contributed by atoms with van der Waals surface area (Å²) >= 11 is 0. The molecule has 0 unspecified atom stereocenters. The molecule has 2 N–H and O–H groups in total. The third-order valence-electron chi connectivity index (χ3n) is 5.15. The third kappa shape index (κ3) is 3.39. The highest BCUT2D eigenvalue weighted by Crippen LogP contribution is 2.30. The SMILES string of the molecule is CCCCCc1nc2c(N)nc3ccccc3c2n1Cc1ccc(C)cc1. The van der Waals surface area contributed by atoms with E-state index in [2.05, 4.69) is 59.8 Å². The van der Waals surface area contributed by atoms with Crippen molar-refractivity contribution in [1.82, 2.24) is 14.5 Å². The van der Waals surface area contributed by atoms with Gasteiger partial charge in [0.15, 0.2) is 5.82 Å².